The van der Waals surface area contributed by atoms with E-state index in [9.17, 15) is 19.5 Å². The number of oxime groups is 1. The largest absolute Gasteiger partial charge is 0.477 e. The number of nitrogens with zero attached hydrogens (tertiary/aromatic N) is 3. The number of aromatic nitrogens is 1. The molecule has 150 valence electrons. The summed E-state index contributed by atoms with van der Waals surface area (Å²) in [6.07, 6.45) is 1.42. The molecule has 10 nitrogen and oxygen atoms in total. The predicted molar refractivity (Wildman–Crippen MR) is 107 cm³/mol. The first-order chi connectivity index (χ1) is 12.9. The number of nitrogen functional groups attached to an aromatic ring is 1. The number of β-lactam (4-membered cyclic amide) rings is 1. The van der Waals surface area contributed by atoms with Gasteiger partial charge in [-0.15, -0.1) is 35.5 Å². The average Bonchev–Trinajstić information content (AvgIpc) is 3.08. The van der Waals surface area contributed by atoms with E-state index in [-0.39, 0.29) is 34.6 Å². The second-order valence-corrected chi connectivity index (χ2v) is 7.43. The number of fused-ring (bicyclic) bond motifs is 1. The van der Waals surface area contributed by atoms with Gasteiger partial charge in [0, 0.05) is 11.1 Å². The molecule has 3 rings (SSSR count). The highest BCUT2D eigenvalue weighted by Gasteiger charge is 2.54. The molecule has 2 aliphatic heterocycles. The first-order valence-corrected chi connectivity index (χ1v) is 9.48. The maximum atomic E-state index is 12.6. The van der Waals surface area contributed by atoms with E-state index in [1.165, 1.54) is 24.9 Å². The molecule has 0 aliphatic carbocycles. The average molecular weight is 446 g/mol. The Morgan fingerprint density at radius 1 is 1.57 bits per heavy atom. The molecule has 1 unspecified atom stereocenters. The summed E-state index contributed by atoms with van der Waals surface area (Å²) in [5.41, 5.74) is 6.02. The summed E-state index contributed by atoms with van der Waals surface area (Å²) in [7, 11) is 1.27. The molecule has 28 heavy (non-hydrogen) atoms. The number of anilines is 1. The van der Waals surface area contributed by atoms with Crippen molar-refractivity contribution in [1.29, 1.82) is 0 Å². The molecule has 0 radical (unpaired) electrons. The standard InChI is InChI=1S/C15H15N5O5S2.ClH/c1-3-6-4-26-13-9(12(22)20(13)10(6)14(23)24)18-11(21)8(19-25-2)7-5-27-15(16)17-7;/h3,5,9,13H,1,4H2,2H3,(H2,16,17)(H,18,21)(H,23,24);1H/t9?,13-;/m1./s1. The maximum Gasteiger partial charge on any atom is 0.352 e. The summed E-state index contributed by atoms with van der Waals surface area (Å²) < 4.78 is 0. The molecule has 13 heteroatoms. The van der Waals surface area contributed by atoms with E-state index in [4.69, 9.17) is 5.73 Å². The first-order valence-electron chi connectivity index (χ1n) is 7.56. The lowest BCUT2D eigenvalue weighted by molar-refractivity contribution is -0.150. The number of aliphatic carboxylic acids is 1. The van der Waals surface area contributed by atoms with Crippen LogP contribution in [0.3, 0.4) is 0 Å². The molecule has 1 aromatic heterocycles. The number of carboxylic acid groups (broad SMARTS) is 1. The van der Waals surface area contributed by atoms with Gasteiger partial charge in [-0.3, -0.25) is 14.5 Å². The van der Waals surface area contributed by atoms with Gasteiger partial charge in [0.2, 0.25) is 0 Å². The summed E-state index contributed by atoms with van der Waals surface area (Å²) in [5, 5.41) is 16.9. The number of carboxylic acids is 1. The van der Waals surface area contributed by atoms with Gasteiger partial charge in [-0.05, 0) is 5.57 Å². The molecular weight excluding hydrogens is 430 g/mol. The highest BCUT2D eigenvalue weighted by atomic mass is 35.5. The second-order valence-electron chi connectivity index (χ2n) is 5.44. The van der Waals surface area contributed by atoms with Crippen LogP contribution in [0.5, 0.6) is 0 Å². The van der Waals surface area contributed by atoms with Crippen LogP contribution < -0.4 is 11.1 Å². The van der Waals surface area contributed by atoms with Crippen LogP contribution in [0.1, 0.15) is 5.69 Å². The van der Waals surface area contributed by atoms with Crippen molar-refractivity contribution < 1.29 is 24.3 Å². The lowest BCUT2D eigenvalue weighted by Crippen LogP contribution is -2.71. The van der Waals surface area contributed by atoms with Crippen molar-refractivity contribution in [3.8, 4) is 0 Å². The Bertz CT molecular complexity index is 899. The van der Waals surface area contributed by atoms with Crippen LogP contribution in [-0.4, -0.2) is 62.8 Å². The Hall–Kier alpha value is -2.57. The Labute approximate surface area is 173 Å². The van der Waals surface area contributed by atoms with Gasteiger partial charge in [0.25, 0.3) is 11.8 Å². The number of nitrogens with two attached hydrogens (primary N) is 1. The summed E-state index contributed by atoms with van der Waals surface area (Å²) in [4.78, 5) is 46.4. The number of nitrogens with one attached hydrogen (secondary N) is 1. The number of thiazole rings is 1. The zero-order valence-electron chi connectivity index (χ0n) is 14.4. The van der Waals surface area contributed by atoms with E-state index < -0.39 is 29.2 Å². The topological polar surface area (TPSA) is 147 Å². The van der Waals surface area contributed by atoms with Crippen LogP contribution >= 0.6 is 35.5 Å². The third-order valence-electron chi connectivity index (χ3n) is 3.90. The SMILES string of the molecule is C=CC1=C(C(=O)O)N2C(=O)C(NC(=O)C(=NOC)c3csc(N)n3)[C@H]2SC1.Cl. The molecule has 2 atom stereocenters. The number of thioether (sulfide) groups is 1. The third kappa shape index (κ3) is 3.70. The summed E-state index contributed by atoms with van der Waals surface area (Å²) >= 11 is 2.47. The molecule has 0 spiro atoms. The van der Waals surface area contributed by atoms with Crippen molar-refractivity contribution in [3.05, 3.63) is 35.0 Å². The molecule has 1 saturated heterocycles. The third-order valence-corrected chi connectivity index (χ3v) is 5.87. The maximum absolute atomic E-state index is 12.6. The minimum Gasteiger partial charge on any atom is -0.477 e. The molecule has 4 N–H and O–H groups in total. The fraction of sp³-hybridized carbons (Fsp3) is 0.267. The minimum absolute atomic E-state index is 0. The van der Waals surface area contributed by atoms with Gasteiger partial charge >= 0.3 is 5.97 Å². The molecule has 2 aliphatic rings. The number of carbonyl (C=O) groups excluding carboxylic acids is 2. The molecular formula is C15H16ClN5O5S2. The normalized spacial score (nSPS) is 21.2. The molecule has 0 saturated carbocycles. The van der Waals surface area contributed by atoms with Gasteiger partial charge in [0.05, 0.1) is 0 Å². The van der Waals surface area contributed by atoms with Gasteiger partial charge in [0.1, 0.15) is 29.9 Å². The smallest absolute Gasteiger partial charge is 0.352 e. The van der Waals surface area contributed by atoms with Gasteiger partial charge in [-0.1, -0.05) is 17.8 Å². The van der Waals surface area contributed by atoms with Gasteiger partial charge in [-0.2, -0.15) is 0 Å². The van der Waals surface area contributed by atoms with Crippen molar-refractivity contribution in [2.24, 2.45) is 5.16 Å². The van der Waals surface area contributed by atoms with E-state index in [1.807, 2.05) is 0 Å². The number of hydrogen-bond acceptors (Lipinski definition) is 9. The van der Waals surface area contributed by atoms with Crippen LogP contribution in [0, 0.1) is 0 Å². The van der Waals surface area contributed by atoms with Crippen LogP contribution in [0.4, 0.5) is 5.13 Å². The Kier molecular flexibility index (Phi) is 6.69. The number of allylic oxidation sites excluding steroid dienone is 1. The summed E-state index contributed by atoms with van der Waals surface area (Å²) in [5.74, 6) is -2.04. The van der Waals surface area contributed by atoms with Crippen LogP contribution in [0.25, 0.3) is 0 Å². The monoisotopic (exact) mass is 445 g/mol. The van der Waals surface area contributed by atoms with Crippen LogP contribution in [0.2, 0.25) is 0 Å². The second kappa shape index (κ2) is 8.63. The number of rotatable bonds is 6. The van der Waals surface area contributed by atoms with E-state index in [2.05, 4.69) is 26.9 Å². The quantitative estimate of drug-likeness (QED) is 0.324. The van der Waals surface area contributed by atoms with E-state index in [0.717, 1.165) is 16.2 Å². The molecule has 1 fully saturated rings. The lowest BCUT2D eigenvalue weighted by Gasteiger charge is -2.49. The Morgan fingerprint density at radius 3 is 2.82 bits per heavy atom. The fourth-order valence-corrected chi connectivity index (χ4v) is 4.59. The van der Waals surface area contributed by atoms with Crippen molar-refractivity contribution in [3.63, 3.8) is 0 Å². The number of carbonyl (C=O) groups is 3. The summed E-state index contributed by atoms with van der Waals surface area (Å²) in [6.45, 7) is 3.58. The number of halogens is 1. The summed E-state index contributed by atoms with van der Waals surface area (Å²) in [6, 6.07) is -0.888. The van der Waals surface area contributed by atoms with Gasteiger partial charge in [-0.25, -0.2) is 9.78 Å². The number of amides is 2. The Balaban J connectivity index is 0.00000280. The predicted octanol–water partition coefficient (Wildman–Crippen LogP) is 0.422. The minimum atomic E-state index is -1.21. The molecule has 0 aromatic carbocycles. The van der Waals surface area contributed by atoms with Crippen LogP contribution in [-0.2, 0) is 19.2 Å². The van der Waals surface area contributed by atoms with Crippen molar-refractivity contribution in [2.45, 2.75) is 11.4 Å². The van der Waals surface area contributed by atoms with E-state index in [1.54, 1.807) is 5.38 Å². The van der Waals surface area contributed by atoms with Gasteiger partial charge in [0.15, 0.2) is 10.8 Å². The fourth-order valence-electron chi connectivity index (χ4n) is 2.70. The van der Waals surface area contributed by atoms with E-state index in [0.29, 0.717) is 11.3 Å². The molecule has 3 heterocycles. The highest BCUT2D eigenvalue weighted by Crippen LogP contribution is 2.40. The van der Waals surface area contributed by atoms with Crippen LogP contribution in [0.15, 0.2) is 34.5 Å². The van der Waals surface area contributed by atoms with Crippen molar-refractivity contribution in [2.75, 3.05) is 18.6 Å². The number of hydrogen-bond donors (Lipinski definition) is 3. The molecule has 1 aromatic rings. The zero-order valence-corrected chi connectivity index (χ0v) is 16.9. The van der Waals surface area contributed by atoms with E-state index >= 15 is 0 Å². The van der Waals surface area contributed by atoms with Gasteiger partial charge < -0.3 is 21.0 Å². The molecule has 2 amide bonds. The van der Waals surface area contributed by atoms with Crippen molar-refractivity contribution >= 4 is 64.1 Å². The highest BCUT2D eigenvalue weighted by molar-refractivity contribution is 8.00. The van der Waals surface area contributed by atoms with Crippen molar-refractivity contribution in [1.82, 2.24) is 15.2 Å². The Morgan fingerprint density at radius 2 is 2.29 bits per heavy atom. The molecule has 0 bridgehead atoms. The first kappa shape index (κ1) is 21.7. The zero-order chi connectivity index (χ0) is 19.7. The lowest BCUT2D eigenvalue weighted by atomic mass is 10.0.